The molecule has 1 radical (unpaired) electrons. The zero-order chi connectivity index (χ0) is 18.6. The van der Waals surface area contributed by atoms with E-state index in [1.807, 2.05) is 0 Å². The van der Waals surface area contributed by atoms with Gasteiger partial charge in [0.2, 0.25) is 0 Å². The van der Waals surface area contributed by atoms with E-state index in [4.69, 9.17) is 0 Å². The highest BCUT2D eigenvalue weighted by Gasteiger charge is 2.16. The maximum absolute atomic E-state index is 2.82. The van der Waals surface area contributed by atoms with Crippen molar-refractivity contribution in [1.82, 2.24) is 0 Å². The lowest BCUT2D eigenvalue weighted by molar-refractivity contribution is 0.371. The van der Waals surface area contributed by atoms with E-state index in [9.17, 15) is 0 Å². The van der Waals surface area contributed by atoms with Crippen molar-refractivity contribution in [2.24, 2.45) is 11.8 Å². The molecule has 0 nitrogen and oxygen atoms in total. The van der Waals surface area contributed by atoms with Crippen molar-refractivity contribution in [3.05, 3.63) is 6.42 Å². The van der Waals surface area contributed by atoms with Crippen LogP contribution in [0.4, 0.5) is 0 Å². The van der Waals surface area contributed by atoms with Crippen LogP contribution < -0.4 is 0 Å². The zero-order valence-corrected chi connectivity index (χ0v) is 18.5. The van der Waals surface area contributed by atoms with E-state index in [0.717, 1.165) is 11.8 Å². The van der Waals surface area contributed by atoms with E-state index < -0.39 is 0 Å². The Morgan fingerprint density at radius 1 is 0.400 bits per heavy atom. The highest BCUT2D eigenvalue weighted by molar-refractivity contribution is 4.84. The molecule has 0 aromatic carbocycles. The van der Waals surface area contributed by atoms with E-state index in [-0.39, 0.29) is 0 Å². The summed E-state index contributed by atoms with van der Waals surface area (Å²) in [5.41, 5.74) is 0. The number of hydrogen-bond acceptors (Lipinski definition) is 0. The molecule has 2 unspecified atom stereocenters. The third-order valence-corrected chi connectivity index (χ3v) is 5.76. The zero-order valence-electron chi connectivity index (χ0n) is 18.5. The average Bonchev–Trinajstić information content (AvgIpc) is 2.63. The number of rotatable bonds is 20. The molecule has 2 atom stereocenters. The van der Waals surface area contributed by atoms with Gasteiger partial charge in [-0.15, -0.1) is 0 Å². The Morgan fingerprint density at radius 3 is 1.16 bits per heavy atom. The lowest BCUT2D eigenvalue weighted by Crippen LogP contribution is -2.11. The highest BCUT2D eigenvalue weighted by atomic mass is 14.2. The van der Waals surface area contributed by atoms with Gasteiger partial charge in [0.25, 0.3) is 0 Å². The molecule has 0 heterocycles. The molecular weight excluding hydrogens is 300 g/mol. The third kappa shape index (κ3) is 17.2. The van der Waals surface area contributed by atoms with Crippen LogP contribution in [-0.4, -0.2) is 0 Å². The summed E-state index contributed by atoms with van der Waals surface area (Å²) in [6, 6.07) is 0. The molecule has 0 saturated carbocycles. The molecule has 0 aromatic heterocycles. The third-order valence-electron chi connectivity index (χ3n) is 5.76. The van der Waals surface area contributed by atoms with Crippen LogP contribution in [0.3, 0.4) is 0 Å². The second kappa shape index (κ2) is 20.3. The van der Waals surface area contributed by atoms with Crippen LogP contribution in [0.5, 0.6) is 0 Å². The van der Waals surface area contributed by atoms with Gasteiger partial charge in [-0.3, -0.25) is 0 Å². The van der Waals surface area contributed by atoms with Gasteiger partial charge in [-0.25, -0.2) is 0 Å². The monoisotopic (exact) mass is 351 g/mol. The van der Waals surface area contributed by atoms with Crippen molar-refractivity contribution >= 4 is 0 Å². The number of unbranched alkanes of at least 4 members (excludes halogenated alkanes) is 10. The molecule has 0 aliphatic heterocycles. The minimum atomic E-state index is 0.902. The van der Waals surface area contributed by atoms with Gasteiger partial charge in [0.15, 0.2) is 0 Å². The van der Waals surface area contributed by atoms with Gasteiger partial charge in [-0.05, 0) is 18.3 Å². The van der Waals surface area contributed by atoms with Gasteiger partial charge >= 0.3 is 0 Å². The Kier molecular flexibility index (Phi) is 20.3. The molecule has 25 heavy (non-hydrogen) atoms. The molecule has 0 N–H and O–H groups in total. The van der Waals surface area contributed by atoms with Crippen molar-refractivity contribution in [2.45, 2.75) is 143 Å². The van der Waals surface area contributed by atoms with Crippen LogP contribution in [0.25, 0.3) is 0 Å². The summed E-state index contributed by atoms with van der Waals surface area (Å²) in [5, 5.41) is 0. The lowest BCUT2D eigenvalue weighted by Gasteiger charge is -2.24. The SMILES string of the molecule is CCCCCCCCC([CH]C(CCCC)CCCCCC)CCCC. The standard InChI is InChI=1S/C25H51/c1-5-9-13-15-16-18-22-25(20-12-8-4)23-24(19-11-7-3)21-17-14-10-6-2/h23-25H,5-22H2,1-4H3. The Labute approximate surface area is 161 Å². The summed E-state index contributed by atoms with van der Waals surface area (Å²) >= 11 is 0. The molecule has 0 aliphatic carbocycles. The second-order valence-electron chi connectivity index (χ2n) is 8.40. The van der Waals surface area contributed by atoms with E-state index in [1.165, 1.54) is 116 Å². The molecule has 0 aromatic rings. The summed E-state index contributed by atoms with van der Waals surface area (Å²) in [4.78, 5) is 0. The molecule has 0 amide bonds. The van der Waals surface area contributed by atoms with Crippen molar-refractivity contribution in [1.29, 1.82) is 0 Å². The first kappa shape index (κ1) is 25.0. The van der Waals surface area contributed by atoms with Crippen molar-refractivity contribution in [3.63, 3.8) is 0 Å². The first-order valence-corrected chi connectivity index (χ1v) is 12.1. The Morgan fingerprint density at radius 2 is 0.720 bits per heavy atom. The topological polar surface area (TPSA) is 0 Å². The van der Waals surface area contributed by atoms with Crippen LogP contribution in [0, 0.1) is 18.3 Å². The minimum Gasteiger partial charge on any atom is -0.0654 e. The molecule has 0 spiro atoms. The maximum atomic E-state index is 2.82. The second-order valence-corrected chi connectivity index (χ2v) is 8.40. The first-order valence-electron chi connectivity index (χ1n) is 12.1. The van der Waals surface area contributed by atoms with Crippen molar-refractivity contribution in [2.75, 3.05) is 0 Å². The van der Waals surface area contributed by atoms with E-state index >= 15 is 0 Å². The van der Waals surface area contributed by atoms with Crippen LogP contribution in [0.2, 0.25) is 0 Å². The van der Waals surface area contributed by atoms with Crippen LogP contribution in [-0.2, 0) is 0 Å². The maximum Gasteiger partial charge on any atom is -0.0324 e. The smallest absolute Gasteiger partial charge is 0.0324 e. The van der Waals surface area contributed by atoms with Gasteiger partial charge in [0.1, 0.15) is 0 Å². The van der Waals surface area contributed by atoms with E-state index in [1.54, 1.807) is 0 Å². The predicted octanol–water partition coefficient (Wildman–Crippen LogP) is 9.52. The van der Waals surface area contributed by atoms with Gasteiger partial charge in [0, 0.05) is 0 Å². The molecule has 151 valence electrons. The average molecular weight is 352 g/mol. The Hall–Kier alpha value is 0. The molecule has 0 fully saturated rings. The quantitative estimate of drug-likeness (QED) is 0.191. The van der Waals surface area contributed by atoms with Crippen LogP contribution in [0.1, 0.15) is 143 Å². The van der Waals surface area contributed by atoms with E-state index in [2.05, 4.69) is 34.1 Å². The minimum absolute atomic E-state index is 0.902. The molecule has 0 aliphatic rings. The fraction of sp³-hybridized carbons (Fsp3) is 0.960. The van der Waals surface area contributed by atoms with Gasteiger partial charge < -0.3 is 0 Å². The van der Waals surface area contributed by atoms with Gasteiger partial charge in [0.05, 0.1) is 0 Å². The summed E-state index contributed by atoms with van der Waals surface area (Å²) in [6.45, 7) is 9.33. The fourth-order valence-corrected chi connectivity index (χ4v) is 4.01. The van der Waals surface area contributed by atoms with Crippen LogP contribution >= 0.6 is 0 Å². The summed E-state index contributed by atoms with van der Waals surface area (Å²) in [7, 11) is 0. The lowest BCUT2D eigenvalue weighted by atomic mass is 9.82. The molecular formula is C25H51. The molecule has 0 heteroatoms. The molecule has 0 rings (SSSR count). The normalized spacial score (nSPS) is 13.9. The summed E-state index contributed by atoms with van der Waals surface area (Å²) < 4.78 is 0. The fourth-order valence-electron chi connectivity index (χ4n) is 4.01. The number of hydrogen-bond donors (Lipinski definition) is 0. The molecule has 0 saturated heterocycles. The largest absolute Gasteiger partial charge is 0.0654 e. The Balaban J connectivity index is 4.20. The molecule has 0 bridgehead atoms. The van der Waals surface area contributed by atoms with E-state index in [0.29, 0.717) is 0 Å². The highest BCUT2D eigenvalue weighted by Crippen LogP contribution is 2.29. The summed E-state index contributed by atoms with van der Waals surface area (Å²) in [6.07, 6.45) is 28.5. The summed E-state index contributed by atoms with van der Waals surface area (Å²) in [5.74, 6) is 1.80. The Bertz CT molecular complexity index is 232. The first-order chi connectivity index (χ1) is 12.3. The predicted molar refractivity (Wildman–Crippen MR) is 117 cm³/mol. The van der Waals surface area contributed by atoms with Crippen LogP contribution in [0.15, 0.2) is 0 Å². The van der Waals surface area contributed by atoms with Gasteiger partial charge in [-0.1, -0.05) is 143 Å². The van der Waals surface area contributed by atoms with Gasteiger partial charge in [-0.2, -0.15) is 0 Å². The van der Waals surface area contributed by atoms with Crippen molar-refractivity contribution in [3.8, 4) is 0 Å². The van der Waals surface area contributed by atoms with Crippen molar-refractivity contribution < 1.29 is 0 Å².